The Bertz CT molecular complexity index is 423. The van der Waals surface area contributed by atoms with Crippen LogP contribution in [0.25, 0.3) is 0 Å². The van der Waals surface area contributed by atoms with Gasteiger partial charge in [-0.15, -0.1) is 5.10 Å². The van der Waals surface area contributed by atoms with Crippen LogP contribution in [0.4, 0.5) is 5.95 Å². The lowest BCUT2D eigenvalue weighted by Gasteiger charge is -2.39. The van der Waals surface area contributed by atoms with Crippen molar-refractivity contribution in [3.63, 3.8) is 0 Å². The summed E-state index contributed by atoms with van der Waals surface area (Å²) < 4.78 is 5.64. The van der Waals surface area contributed by atoms with Gasteiger partial charge in [0.1, 0.15) is 5.82 Å². The molecule has 1 atom stereocenters. The van der Waals surface area contributed by atoms with Gasteiger partial charge in [0.05, 0.1) is 5.60 Å². The number of nitrogens with zero attached hydrogens (tertiary/aromatic N) is 3. The molecule has 106 valence electrons. The molecule has 2 fully saturated rings. The van der Waals surface area contributed by atoms with E-state index in [1.54, 1.807) is 7.11 Å². The molecule has 0 spiro atoms. The number of aromatic amines is 1. The molecule has 0 aromatic carbocycles. The molecule has 19 heavy (non-hydrogen) atoms. The summed E-state index contributed by atoms with van der Waals surface area (Å²) in [6.45, 7) is 5.12. The van der Waals surface area contributed by atoms with Crippen LogP contribution in [-0.4, -0.2) is 53.6 Å². The van der Waals surface area contributed by atoms with Gasteiger partial charge < -0.3 is 15.0 Å². The van der Waals surface area contributed by atoms with Crippen molar-refractivity contribution in [3.8, 4) is 0 Å². The van der Waals surface area contributed by atoms with E-state index in [1.165, 1.54) is 6.42 Å². The Labute approximate surface area is 113 Å². The minimum absolute atomic E-state index is 0.00749. The van der Waals surface area contributed by atoms with E-state index < -0.39 is 0 Å². The first-order chi connectivity index (χ1) is 9.21. The molecule has 6 heteroatoms. The van der Waals surface area contributed by atoms with Gasteiger partial charge >= 0.3 is 0 Å². The number of ether oxygens (including phenoxy) is 1. The van der Waals surface area contributed by atoms with Gasteiger partial charge in [0.25, 0.3) is 0 Å². The van der Waals surface area contributed by atoms with Crippen LogP contribution in [0.5, 0.6) is 0 Å². The molecule has 1 saturated heterocycles. The number of anilines is 1. The van der Waals surface area contributed by atoms with E-state index >= 15 is 0 Å². The maximum Gasteiger partial charge on any atom is 0.244 e. The maximum absolute atomic E-state index is 5.64. The molecule has 2 aliphatic rings. The SMILES string of the molecule is COC1(Cc2nc(N3CCN[C@H](C)C3)n[nH]2)CCC1. The molecule has 6 nitrogen and oxygen atoms in total. The normalized spacial score (nSPS) is 26.2. The lowest BCUT2D eigenvalue weighted by Crippen LogP contribution is -2.49. The van der Waals surface area contributed by atoms with Crippen molar-refractivity contribution >= 4 is 5.95 Å². The smallest absolute Gasteiger partial charge is 0.244 e. The lowest BCUT2D eigenvalue weighted by molar-refractivity contribution is -0.0720. The van der Waals surface area contributed by atoms with E-state index in [-0.39, 0.29) is 5.60 Å². The third kappa shape index (κ3) is 2.60. The van der Waals surface area contributed by atoms with Crippen molar-refractivity contribution in [2.24, 2.45) is 0 Å². The quantitative estimate of drug-likeness (QED) is 0.839. The largest absolute Gasteiger partial charge is 0.378 e. The summed E-state index contributed by atoms with van der Waals surface area (Å²) in [6.07, 6.45) is 4.36. The fourth-order valence-electron chi connectivity index (χ4n) is 2.95. The summed E-state index contributed by atoms with van der Waals surface area (Å²) in [5, 5.41) is 10.9. The lowest BCUT2D eigenvalue weighted by atomic mass is 9.77. The Hall–Kier alpha value is -1.14. The van der Waals surface area contributed by atoms with Gasteiger partial charge in [0.2, 0.25) is 5.95 Å². The number of aromatic nitrogens is 3. The van der Waals surface area contributed by atoms with E-state index in [4.69, 9.17) is 4.74 Å². The van der Waals surface area contributed by atoms with Gasteiger partial charge in [-0.1, -0.05) is 0 Å². The predicted molar refractivity (Wildman–Crippen MR) is 73.4 cm³/mol. The van der Waals surface area contributed by atoms with Crippen LogP contribution in [0, 0.1) is 0 Å². The van der Waals surface area contributed by atoms with E-state index in [0.717, 1.165) is 50.7 Å². The average molecular weight is 265 g/mol. The Balaban J connectivity index is 1.65. The highest BCUT2D eigenvalue weighted by Gasteiger charge is 2.38. The number of rotatable bonds is 4. The van der Waals surface area contributed by atoms with Gasteiger partial charge in [-0.25, -0.2) is 0 Å². The van der Waals surface area contributed by atoms with Crippen LogP contribution in [0.1, 0.15) is 32.0 Å². The fourth-order valence-corrected chi connectivity index (χ4v) is 2.95. The number of methoxy groups -OCH3 is 1. The predicted octanol–water partition coefficient (Wildman–Crippen LogP) is 0.714. The Morgan fingerprint density at radius 1 is 1.47 bits per heavy atom. The molecular formula is C13H23N5O. The van der Waals surface area contributed by atoms with Crippen LogP contribution < -0.4 is 10.2 Å². The van der Waals surface area contributed by atoms with Crippen molar-refractivity contribution in [1.82, 2.24) is 20.5 Å². The van der Waals surface area contributed by atoms with Crippen molar-refractivity contribution in [2.75, 3.05) is 31.6 Å². The average Bonchev–Trinajstić information content (AvgIpc) is 2.82. The third-order valence-electron chi connectivity index (χ3n) is 4.36. The number of hydrogen-bond donors (Lipinski definition) is 2. The molecule has 0 radical (unpaired) electrons. The van der Waals surface area contributed by atoms with Crippen LogP contribution >= 0.6 is 0 Å². The molecule has 2 heterocycles. The molecule has 1 saturated carbocycles. The van der Waals surface area contributed by atoms with Crippen molar-refractivity contribution in [3.05, 3.63) is 5.82 Å². The molecule has 0 bridgehead atoms. The van der Waals surface area contributed by atoms with E-state index in [2.05, 4.69) is 32.3 Å². The topological polar surface area (TPSA) is 66.1 Å². The van der Waals surface area contributed by atoms with Gasteiger partial charge in [-0.2, -0.15) is 4.98 Å². The highest BCUT2D eigenvalue weighted by molar-refractivity contribution is 5.30. The zero-order chi connectivity index (χ0) is 13.3. The van der Waals surface area contributed by atoms with Crippen LogP contribution in [0.3, 0.4) is 0 Å². The van der Waals surface area contributed by atoms with E-state index in [0.29, 0.717) is 6.04 Å². The fraction of sp³-hybridized carbons (Fsp3) is 0.846. The van der Waals surface area contributed by atoms with Crippen molar-refractivity contribution in [2.45, 2.75) is 44.2 Å². The first-order valence-corrected chi connectivity index (χ1v) is 7.15. The van der Waals surface area contributed by atoms with Crippen LogP contribution in [0.15, 0.2) is 0 Å². The van der Waals surface area contributed by atoms with Gasteiger partial charge in [-0.05, 0) is 26.2 Å². The van der Waals surface area contributed by atoms with Crippen LogP contribution in [0.2, 0.25) is 0 Å². The Morgan fingerprint density at radius 3 is 2.95 bits per heavy atom. The molecule has 1 aliphatic heterocycles. The molecule has 1 aliphatic carbocycles. The molecule has 1 aromatic rings. The zero-order valence-electron chi connectivity index (χ0n) is 11.8. The summed E-state index contributed by atoms with van der Waals surface area (Å²) in [5.74, 6) is 1.77. The number of piperazine rings is 1. The first-order valence-electron chi connectivity index (χ1n) is 7.15. The van der Waals surface area contributed by atoms with Crippen molar-refractivity contribution < 1.29 is 4.74 Å². The number of hydrogen-bond acceptors (Lipinski definition) is 5. The second-order valence-electron chi connectivity index (χ2n) is 5.80. The molecule has 2 N–H and O–H groups in total. The van der Waals surface area contributed by atoms with E-state index in [1.807, 2.05) is 0 Å². The van der Waals surface area contributed by atoms with Crippen molar-refractivity contribution in [1.29, 1.82) is 0 Å². The summed E-state index contributed by atoms with van der Waals surface area (Å²) in [5.41, 5.74) is 0.00749. The highest BCUT2D eigenvalue weighted by Crippen LogP contribution is 2.37. The van der Waals surface area contributed by atoms with Gasteiger partial charge in [0.15, 0.2) is 0 Å². The second-order valence-corrected chi connectivity index (χ2v) is 5.80. The first kappa shape index (κ1) is 12.9. The zero-order valence-corrected chi connectivity index (χ0v) is 11.8. The van der Waals surface area contributed by atoms with Crippen LogP contribution in [-0.2, 0) is 11.2 Å². The third-order valence-corrected chi connectivity index (χ3v) is 4.36. The van der Waals surface area contributed by atoms with E-state index in [9.17, 15) is 0 Å². The second kappa shape index (κ2) is 5.09. The van der Waals surface area contributed by atoms with Gasteiger partial charge in [0, 0.05) is 39.2 Å². The Kier molecular flexibility index (Phi) is 3.45. The minimum Gasteiger partial charge on any atom is -0.378 e. The minimum atomic E-state index is 0.00749. The summed E-state index contributed by atoms with van der Waals surface area (Å²) in [6, 6.07) is 0.493. The summed E-state index contributed by atoms with van der Waals surface area (Å²) in [4.78, 5) is 6.87. The summed E-state index contributed by atoms with van der Waals surface area (Å²) in [7, 11) is 1.80. The standard InChI is InChI=1S/C13H23N5O/c1-10-9-18(7-6-14-10)12-15-11(16-17-12)8-13(19-2)4-3-5-13/h10,14H,3-9H2,1-2H3,(H,15,16,17)/t10-/m1/s1. The monoisotopic (exact) mass is 265 g/mol. The molecule has 0 unspecified atom stereocenters. The summed E-state index contributed by atoms with van der Waals surface area (Å²) >= 11 is 0. The molecular weight excluding hydrogens is 242 g/mol. The molecule has 1 aromatic heterocycles. The van der Waals surface area contributed by atoms with Gasteiger partial charge in [-0.3, -0.25) is 5.10 Å². The highest BCUT2D eigenvalue weighted by atomic mass is 16.5. The number of nitrogens with one attached hydrogen (secondary N) is 2. The Morgan fingerprint density at radius 2 is 2.32 bits per heavy atom. The number of H-pyrrole nitrogens is 1. The molecule has 0 amide bonds. The maximum atomic E-state index is 5.64. The molecule has 3 rings (SSSR count).